The Morgan fingerprint density at radius 2 is 2.15 bits per heavy atom. The van der Waals surface area contributed by atoms with Gasteiger partial charge in [-0.2, -0.15) is 0 Å². The van der Waals surface area contributed by atoms with Crippen LogP contribution in [0.1, 0.15) is 18.0 Å². The molecule has 2 rings (SSSR count). The monoisotopic (exact) mass is 300 g/mol. The zero-order chi connectivity index (χ0) is 13.7. The second-order valence-electron chi connectivity index (χ2n) is 4.68. The van der Waals surface area contributed by atoms with Gasteiger partial charge in [0.1, 0.15) is 11.6 Å². The van der Waals surface area contributed by atoms with Gasteiger partial charge in [0.15, 0.2) is 0 Å². The lowest BCUT2D eigenvalue weighted by Gasteiger charge is -2.35. The number of piperazine rings is 1. The number of rotatable bonds is 5. The topological polar surface area (TPSA) is 24.5 Å². The van der Waals surface area contributed by atoms with Crippen LogP contribution in [0, 0.1) is 5.82 Å². The molecule has 1 heterocycles. The highest BCUT2D eigenvalue weighted by molar-refractivity contribution is 5.85. The molecule has 0 amide bonds. The van der Waals surface area contributed by atoms with Gasteiger partial charge < -0.3 is 10.1 Å². The van der Waals surface area contributed by atoms with Gasteiger partial charge in [-0.15, -0.1) is 19.0 Å². The first-order valence-corrected chi connectivity index (χ1v) is 6.66. The van der Waals surface area contributed by atoms with E-state index >= 15 is 0 Å². The minimum Gasteiger partial charge on any atom is -0.496 e. The molecule has 1 aliphatic heterocycles. The smallest absolute Gasteiger partial charge is 0.131 e. The van der Waals surface area contributed by atoms with Crippen molar-refractivity contribution in [2.24, 2.45) is 0 Å². The van der Waals surface area contributed by atoms with Gasteiger partial charge in [-0.1, -0.05) is 12.1 Å². The molecule has 1 saturated heterocycles. The Labute approximate surface area is 126 Å². The Hall–Kier alpha value is -1.10. The van der Waals surface area contributed by atoms with Crippen LogP contribution >= 0.6 is 12.4 Å². The number of hydrogen-bond donors (Lipinski definition) is 1. The molecule has 20 heavy (non-hydrogen) atoms. The van der Waals surface area contributed by atoms with E-state index in [0.717, 1.165) is 32.6 Å². The third-order valence-corrected chi connectivity index (χ3v) is 3.55. The van der Waals surface area contributed by atoms with Crippen LogP contribution in [0.25, 0.3) is 0 Å². The first-order valence-electron chi connectivity index (χ1n) is 6.66. The number of nitrogens with one attached hydrogen (secondary N) is 1. The van der Waals surface area contributed by atoms with Gasteiger partial charge in [-0.05, 0) is 18.6 Å². The third kappa shape index (κ3) is 3.72. The Balaban J connectivity index is 0.00000200. The molecule has 0 bridgehead atoms. The quantitative estimate of drug-likeness (QED) is 0.846. The highest BCUT2D eigenvalue weighted by Crippen LogP contribution is 2.34. The van der Waals surface area contributed by atoms with Crippen molar-refractivity contribution in [2.45, 2.75) is 12.5 Å². The van der Waals surface area contributed by atoms with Crippen molar-refractivity contribution in [1.82, 2.24) is 10.2 Å². The summed E-state index contributed by atoms with van der Waals surface area (Å²) in [6, 6.07) is 4.99. The first kappa shape index (κ1) is 17.0. The minimum absolute atomic E-state index is 0. The van der Waals surface area contributed by atoms with Crippen LogP contribution in [-0.2, 0) is 0 Å². The van der Waals surface area contributed by atoms with Crippen LogP contribution in [0.2, 0.25) is 0 Å². The summed E-state index contributed by atoms with van der Waals surface area (Å²) in [6.45, 7) is 7.50. The van der Waals surface area contributed by atoms with Crippen molar-refractivity contribution in [3.8, 4) is 5.75 Å². The summed E-state index contributed by atoms with van der Waals surface area (Å²) in [5, 5.41) is 3.31. The van der Waals surface area contributed by atoms with Crippen molar-refractivity contribution < 1.29 is 9.13 Å². The zero-order valence-corrected chi connectivity index (χ0v) is 12.6. The van der Waals surface area contributed by atoms with Gasteiger partial charge in [-0.25, -0.2) is 4.39 Å². The molecule has 1 atom stereocenters. The maximum atomic E-state index is 14.2. The van der Waals surface area contributed by atoms with Gasteiger partial charge in [-0.3, -0.25) is 4.90 Å². The molecule has 112 valence electrons. The predicted octanol–water partition coefficient (Wildman–Crippen LogP) is 2.78. The van der Waals surface area contributed by atoms with Crippen molar-refractivity contribution in [1.29, 1.82) is 0 Å². The molecule has 0 aliphatic carbocycles. The van der Waals surface area contributed by atoms with Gasteiger partial charge in [0.2, 0.25) is 0 Å². The largest absolute Gasteiger partial charge is 0.496 e. The molecule has 1 aliphatic rings. The first-order chi connectivity index (χ1) is 9.27. The number of methoxy groups -OCH3 is 1. The molecule has 1 aromatic rings. The van der Waals surface area contributed by atoms with Crippen LogP contribution < -0.4 is 10.1 Å². The Morgan fingerprint density at radius 1 is 1.45 bits per heavy atom. The van der Waals surface area contributed by atoms with Crippen molar-refractivity contribution in [2.75, 3.05) is 33.3 Å². The molecular formula is C15H22ClFN2O. The second-order valence-corrected chi connectivity index (χ2v) is 4.68. The highest BCUT2D eigenvalue weighted by Gasteiger charge is 2.26. The van der Waals surface area contributed by atoms with E-state index < -0.39 is 0 Å². The second kappa shape index (κ2) is 8.25. The maximum absolute atomic E-state index is 14.2. The molecule has 1 N–H and O–H groups in total. The van der Waals surface area contributed by atoms with Crippen molar-refractivity contribution >= 4 is 12.4 Å². The van der Waals surface area contributed by atoms with Crippen molar-refractivity contribution in [3.63, 3.8) is 0 Å². The zero-order valence-electron chi connectivity index (χ0n) is 11.8. The van der Waals surface area contributed by atoms with Gasteiger partial charge in [0.25, 0.3) is 0 Å². The summed E-state index contributed by atoms with van der Waals surface area (Å²) < 4.78 is 19.5. The molecule has 1 aromatic carbocycles. The Kier molecular flexibility index (Phi) is 6.99. The fraction of sp³-hybridized carbons (Fsp3) is 0.467. The molecule has 0 unspecified atom stereocenters. The van der Waals surface area contributed by atoms with E-state index in [1.165, 1.54) is 6.07 Å². The molecule has 3 nitrogen and oxygen atoms in total. The molecule has 0 spiro atoms. The summed E-state index contributed by atoms with van der Waals surface area (Å²) >= 11 is 0. The van der Waals surface area contributed by atoms with E-state index in [1.807, 2.05) is 12.1 Å². The number of benzene rings is 1. The van der Waals surface area contributed by atoms with E-state index in [4.69, 9.17) is 4.74 Å². The minimum atomic E-state index is -0.204. The average Bonchev–Trinajstić information content (AvgIpc) is 2.46. The van der Waals surface area contributed by atoms with Crippen LogP contribution in [-0.4, -0.2) is 38.2 Å². The fourth-order valence-corrected chi connectivity index (χ4v) is 2.62. The summed E-state index contributed by atoms with van der Waals surface area (Å²) in [5.74, 6) is 0.412. The molecule has 0 radical (unpaired) electrons. The molecule has 0 saturated carbocycles. The fourth-order valence-electron chi connectivity index (χ4n) is 2.62. The lowest BCUT2D eigenvalue weighted by Crippen LogP contribution is -2.45. The van der Waals surface area contributed by atoms with E-state index in [2.05, 4.69) is 16.8 Å². The number of hydrogen-bond acceptors (Lipinski definition) is 3. The number of ether oxygens (including phenoxy) is 1. The molecule has 0 aromatic heterocycles. The summed E-state index contributed by atoms with van der Waals surface area (Å²) in [6.07, 6.45) is 2.57. The Morgan fingerprint density at radius 3 is 2.75 bits per heavy atom. The third-order valence-electron chi connectivity index (χ3n) is 3.55. The predicted molar refractivity (Wildman–Crippen MR) is 82.2 cm³/mol. The highest BCUT2D eigenvalue weighted by atomic mass is 35.5. The standard InChI is InChI=1S/C15H21FN2O.ClH/c1-3-5-13(18-10-8-17-9-11-18)15-12(16)6-4-7-14(15)19-2;/h3-4,6-7,13,17H,1,5,8-11H2,2H3;1H/t13-;/m0./s1. The van der Waals surface area contributed by atoms with Gasteiger partial charge >= 0.3 is 0 Å². The van der Waals surface area contributed by atoms with Crippen molar-refractivity contribution in [3.05, 3.63) is 42.2 Å². The molecular weight excluding hydrogens is 279 g/mol. The van der Waals surface area contributed by atoms with Crippen LogP contribution in [0.15, 0.2) is 30.9 Å². The summed E-state index contributed by atoms with van der Waals surface area (Å²) in [7, 11) is 1.58. The lowest BCUT2D eigenvalue weighted by atomic mass is 9.99. The van der Waals surface area contributed by atoms with Gasteiger partial charge in [0, 0.05) is 37.8 Å². The molecule has 5 heteroatoms. The van der Waals surface area contributed by atoms with E-state index in [-0.39, 0.29) is 24.3 Å². The van der Waals surface area contributed by atoms with Crippen LogP contribution in [0.3, 0.4) is 0 Å². The number of nitrogens with zero attached hydrogens (tertiary/aromatic N) is 1. The maximum Gasteiger partial charge on any atom is 0.131 e. The summed E-state index contributed by atoms with van der Waals surface area (Å²) in [5.41, 5.74) is 0.645. The van der Waals surface area contributed by atoms with Crippen LogP contribution in [0.4, 0.5) is 4.39 Å². The van der Waals surface area contributed by atoms with E-state index in [9.17, 15) is 4.39 Å². The van der Waals surface area contributed by atoms with Gasteiger partial charge in [0.05, 0.1) is 7.11 Å². The van der Waals surface area contributed by atoms with E-state index in [1.54, 1.807) is 13.2 Å². The lowest BCUT2D eigenvalue weighted by molar-refractivity contribution is 0.168. The van der Waals surface area contributed by atoms with Crippen LogP contribution in [0.5, 0.6) is 5.75 Å². The summed E-state index contributed by atoms with van der Waals surface area (Å²) in [4.78, 5) is 2.29. The van der Waals surface area contributed by atoms with E-state index in [0.29, 0.717) is 11.3 Å². The normalized spacial score (nSPS) is 17.1. The SMILES string of the molecule is C=CC[C@@H](c1c(F)cccc1OC)N1CCNCC1.Cl. The Bertz CT molecular complexity index is 436. The molecule has 1 fully saturated rings. The number of halogens is 2. The average molecular weight is 301 g/mol.